The highest BCUT2D eigenvalue weighted by molar-refractivity contribution is 7.22. The Morgan fingerprint density at radius 3 is 2.54 bits per heavy atom. The molecular weight excluding hydrogens is 525 g/mol. The van der Waals surface area contributed by atoms with Crippen molar-refractivity contribution in [2.45, 2.75) is 65.3 Å². The van der Waals surface area contributed by atoms with Gasteiger partial charge >= 0.3 is 11.8 Å². The monoisotopic (exact) mass is 555 g/mol. The fourth-order valence-corrected chi connectivity index (χ4v) is 5.81. The first-order valence-corrected chi connectivity index (χ1v) is 13.7. The van der Waals surface area contributed by atoms with Crippen LogP contribution in [0, 0.1) is 5.82 Å². The number of nitrogens with zero attached hydrogens (tertiary/aromatic N) is 7. The Balaban J connectivity index is 1.56. The predicted molar refractivity (Wildman–Crippen MR) is 144 cm³/mol. The maximum absolute atomic E-state index is 14.6. The first kappa shape index (κ1) is 26.7. The first-order chi connectivity index (χ1) is 18.6. The van der Waals surface area contributed by atoms with Crippen molar-refractivity contribution in [3.05, 3.63) is 62.8 Å². The largest absolute Gasteiger partial charge is 0.444 e. The van der Waals surface area contributed by atoms with Crippen LogP contribution >= 0.6 is 11.3 Å². The number of tetrazole rings is 1. The van der Waals surface area contributed by atoms with Gasteiger partial charge in [-0.15, -0.1) is 21.5 Å². The van der Waals surface area contributed by atoms with Crippen molar-refractivity contribution in [1.29, 1.82) is 0 Å². The highest BCUT2D eigenvalue weighted by Gasteiger charge is 2.30. The van der Waals surface area contributed by atoms with E-state index in [1.807, 2.05) is 6.92 Å². The number of carbonyl (C=O) groups excluding carboxylic acids is 1. The molecule has 0 aliphatic carbocycles. The number of halogens is 1. The van der Waals surface area contributed by atoms with Crippen LogP contribution in [0.2, 0.25) is 0 Å². The zero-order valence-electron chi connectivity index (χ0n) is 22.3. The smallest absolute Gasteiger partial charge is 0.410 e. The fraction of sp³-hybridized carbons (Fsp3) is 0.462. The molecule has 0 saturated carbocycles. The Morgan fingerprint density at radius 2 is 1.90 bits per heavy atom. The standard InChI is InChI=1S/C26H30FN7O4S/c1-5-33-29-21(28-30-33)15-32-19-14-20(17-8-6-7-9-18(17)27)39-22(19)23(35)34(24(32)36)16-10-12-31(13-11-16)25(37)38-26(2,3)4/h6-9,14,16H,5,10-13,15H2,1-4H3. The van der Waals surface area contributed by atoms with Crippen LogP contribution in [0.1, 0.15) is 52.4 Å². The van der Waals surface area contributed by atoms with Gasteiger partial charge in [0, 0.05) is 29.6 Å². The molecular formula is C26H30FN7O4S. The van der Waals surface area contributed by atoms with Crippen molar-refractivity contribution in [1.82, 2.24) is 34.2 Å². The molecule has 13 heteroatoms. The number of thiophene rings is 1. The molecule has 1 saturated heterocycles. The molecule has 4 heterocycles. The Bertz CT molecular complexity index is 1640. The molecule has 3 aromatic heterocycles. The molecule has 1 aliphatic heterocycles. The lowest BCUT2D eigenvalue weighted by Gasteiger charge is -2.34. The molecule has 206 valence electrons. The van der Waals surface area contributed by atoms with E-state index in [1.54, 1.807) is 49.9 Å². The van der Waals surface area contributed by atoms with E-state index >= 15 is 0 Å². The molecule has 0 spiro atoms. The molecule has 0 N–H and O–H groups in total. The molecule has 1 fully saturated rings. The molecule has 1 amide bonds. The third kappa shape index (κ3) is 5.35. The van der Waals surface area contributed by atoms with Gasteiger partial charge < -0.3 is 9.64 Å². The van der Waals surface area contributed by atoms with Crippen LogP contribution in [-0.2, 0) is 17.8 Å². The van der Waals surface area contributed by atoms with E-state index in [9.17, 15) is 18.8 Å². The Labute approximate surface area is 227 Å². The maximum Gasteiger partial charge on any atom is 0.410 e. The summed E-state index contributed by atoms with van der Waals surface area (Å²) >= 11 is 1.15. The number of aromatic nitrogens is 6. The van der Waals surface area contributed by atoms with Crippen LogP contribution < -0.4 is 11.2 Å². The van der Waals surface area contributed by atoms with Crippen LogP contribution in [0.4, 0.5) is 9.18 Å². The summed E-state index contributed by atoms with van der Waals surface area (Å²) in [5.74, 6) is -0.0933. The third-order valence-electron chi connectivity index (χ3n) is 6.55. The average Bonchev–Trinajstić information content (AvgIpc) is 3.54. The average molecular weight is 556 g/mol. The summed E-state index contributed by atoms with van der Waals surface area (Å²) < 4.78 is 23.2. The van der Waals surface area contributed by atoms with Crippen molar-refractivity contribution in [3.63, 3.8) is 0 Å². The van der Waals surface area contributed by atoms with E-state index < -0.39 is 34.8 Å². The number of fused-ring (bicyclic) bond motifs is 1. The maximum atomic E-state index is 14.6. The van der Waals surface area contributed by atoms with Crippen molar-refractivity contribution in [2.24, 2.45) is 0 Å². The Morgan fingerprint density at radius 1 is 1.18 bits per heavy atom. The number of amides is 1. The second-order valence-corrected chi connectivity index (χ2v) is 11.5. The van der Waals surface area contributed by atoms with E-state index in [2.05, 4.69) is 15.4 Å². The van der Waals surface area contributed by atoms with Crippen molar-refractivity contribution < 1.29 is 13.9 Å². The summed E-state index contributed by atoms with van der Waals surface area (Å²) in [5.41, 5.74) is -0.812. The zero-order valence-corrected chi connectivity index (χ0v) is 23.1. The molecule has 4 aromatic rings. The molecule has 1 aliphatic rings. The molecule has 1 aromatic carbocycles. The van der Waals surface area contributed by atoms with Gasteiger partial charge in [0.25, 0.3) is 5.56 Å². The number of hydrogen-bond donors (Lipinski definition) is 0. The number of rotatable bonds is 5. The highest BCUT2D eigenvalue weighted by Crippen LogP contribution is 2.33. The van der Waals surface area contributed by atoms with Crippen LogP contribution in [0.5, 0.6) is 0 Å². The SMILES string of the molecule is CCn1nnc(Cn2c(=O)n(C3CCN(C(=O)OC(C)(C)C)CC3)c(=O)c3sc(-c4ccccc4F)cc32)n1. The van der Waals surface area contributed by atoms with Gasteiger partial charge in [0.05, 0.1) is 18.6 Å². The van der Waals surface area contributed by atoms with Gasteiger partial charge in [-0.2, -0.15) is 4.80 Å². The van der Waals surface area contributed by atoms with Gasteiger partial charge in [-0.3, -0.25) is 13.9 Å². The molecule has 0 radical (unpaired) electrons. The number of carbonyl (C=O) groups is 1. The Hall–Kier alpha value is -3.87. The summed E-state index contributed by atoms with van der Waals surface area (Å²) in [5, 5.41) is 12.3. The number of ether oxygens (including phenoxy) is 1. The quantitative estimate of drug-likeness (QED) is 0.369. The number of piperidine rings is 1. The molecule has 11 nitrogen and oxygen atoms in total. The van der Waals surface area contributed by atoms with Gasteiger partial charge in [-0.25, -0.2) is 14.0 Å². The van der Waals surface area contributed by atoms with Gasteiger partial charge in [0.1, 0.15) is 16.1 Å². The van der Waals surface area contributed by atoms with Crippen LogP contribution in [-0.4, -0.2) is 59.0 Å². The first-order valence-electron chi connectivity index (χ1n) is 12.8. The zero-order chi connectivity index (χ0) is 27.9. The number of hydrogen-bond acceptors (Lipinski definition) is 8. The molecule has 0 atom stereocenters. The molecule has 0 bridgehead atoms. The molecule has 0 unspecified atom stereocenters. The summed E-state index contributed by atoms with van der Waals surface area (Å²) in [6.07, 6.45) is 0.407. The number of aryl methyl sites for hydroxylation is 1. The summed E-state index contributed by atoms with van der Waals surface area (Å²) in [6.45, 7) is 8.50. The van der Waals surface area contributed by atoms with E-state index in [0.29, 0.717) is 59.0 Å². The third-order valence-corrected chi connectivity index (χ3v) is 7.70. The fourth-order valence-electron chi connectivity index (χ4n) is 4.68. The minimum Gasteiger partial charge on any atom is -0.444 e. The Kier molecular flexibility index (Phi) is 7.10. The molecule has 5 rings (SSSR count). The van der Waals surface area contributed by atoms with Gasteiger partial charge in [-0.05, 0) is 57.9 Å². The lowest BCUT2D eigenvalue weighted by atomic mass is 10.1. The van der Waals surface area contributed by atoms with Gasteiger partial charge in [-0.1, -0.05) is 18.2 Å². The molecule has 39 heavy (non-hydrogen) atoms. The highest BCUT2D eigenvalue weighted by atomic mass is 32.1. The van der Waals surface area contributed by atoms with E-state index in [-0.39, 0.29) is 6.54 Å². The topological polar surface area (TPSA) is 117 Å². The normalized spacial score (nSPS) is 14.7. The second-order valence-electron chi connectivity index (χ2n) is 10.4. The lowest BCUT2D eigenvalue weighted by molar-refractivity contribution is 0.0186. The van der Waals surface area contributed by atoms with Gasteiger partial charge in [0.15, 0.2) is 5.82 Å². The number of likely N-dealkylation sites (tertiary alicyclic amines) is 1. The van der Waals surface area contributed by atoms with E-state index in [0.717, 1.165) is 11.3 Å². The van der Waals surface area contributed by atoms with Crippen LogP contribution in [0.25, 0.3) is 20.7 Å². The van der Waals surface area contributed by atoms with Gasteiger partial charge in [0.2, 0.25) is 0 Å². The van der Waals surface area contributed by atoms with Crippen molar-refractivity contribution >= 4 is 27.6 Å². The lowest BCUT2D eigenvalue weighted by Crippen LogP contribution is -2.47. The van der Waals surface area contributed by atoms with Crippen LogP contribution in [0.15, 0.2) is 39.9 Å². The predicted octanol–water partition coefficient (Wildman–Crippen LogP) is 3.66. The summed E-state index contributed by atoms with van der Waals surface area (Å²) in [6, 6.07) is 7.57. The van der Waals surface area contributed by atoms with Crippen molar-refractivity contribution in [3.8, 4) is 10.4 Å². The van der Waals surface area contributed by atoms with Crippen molar-refractivity contribution in [2.75, 3.05) is 13.1 Å². The summed E-state index contributed by atoms with van der Waals surface area (Å²) in [4.78, 5) is 43.7. The van der Waals surface area contributed by atoms with E-state index in [4.69, 9.17) is 4.74 Å². The minimum absolute atomic E-state index is 0.000186. The minimum atomic E-state index is -0.619. The number of benzene rings is 1. The summed E-state index contributed by atoms with van der Waals surface area (Å²) in [7, 11) is 0. The van der Waals surface area contributed by atoms with E-state index in [1.165, 1.54) is 20.0 Å². The second kappa shape index (κ2) is 10.4. The van der Waals surface area contributed by atoms with Crippen LogP contribution in [0.3, 0.4) is 0 Å².